The first-order valence-electron chi connectivity index (χ1n) is 6.44. The predicted octanol–water partition coefficient (Wildman–Crippen LogP) is 2.45. The highest BCUT2D eigenvalue weighted by molar-refractivity contribution is 5.24. The zero-order valence-electron chi connectivity index (χ0n) is 11.1. The van der Waals surface area contributed by atoms with Gasteiger partial charge in [-0.1, -0.05) is 6.92 Å². The van der Waals surface area contributed by atoms with Crippen LogP contribution in [0.4, 0.5) is 0 Å². The van der Waals surface area contributed by atoms with Crippen LogP contribution in [0, 0.1) is 13.8 Å². The van der Waals surface area contributed by atoms with Crippen molar-refractivity contribution >= 4 is 0 Å². The molecule has 1 N–H and O–H groups in total. The zero-order valence-corrected chi connectivity index (χ0v) is 11.1. The molecular weight excluding hydrogens is 198 g/mol. The Morgan fingerprint density at radius 2 is 1.94 bits per heavy atom. The van der Waals surface area contributed by atoms with Crippen LogP contribution in [0.3, 0.4) is 0 Å². The van der Waals surface area contributed by atoms with Crippen LogP contribution in [0.5, 0.6) is 0 Å². The number of nitrogens with one attached hydrogen (secondary N) is 1. The second-order valence-electron chi connectivity index (χ2n) is 4.32. The minimum absolute atomic E-state index is 0.973. The fourth-order valence-corrected chi connectivity index (χ4v) is 2.10. The third-order valence-electron chi connectivity index (χ3n) is 3.04. The highest BCUT2D eigenvalue weighted by atomic mass is 15.3. The van der Waals surface area contributed by atoms with E-state index in [0.29, 0.717) is 0 Å². The van der Waals surface area contributed by atoms with Crippen molar-refractivity contribution in [1.82, 2.24) is 15.1 Å². The van der Waals surface area contributed by atoms with Crippen molar-refractivity contribution in [2.45, 2.75) is 53.5 Å². The van der Waals surface area contributed by atoms with Crippen molar-refractivity contribution in [2.24, 2.45) is 0 Å². The zero-order chi connectivity index (χ0) is 12.0. The van der Waals surface area contributed by atoms with Gasteiger partial charge in [0.05, 0.1) is 5.69 Å². The molecule has 16 heavy (non-hydrogen) atoms. The third-order valence-corrected chi connectivity index (χ3v) is 3.04. The van der Waals surface area contributed by atoms with Gasteiger partial charge in [-0.3, -0.25) is 4.68 Å². The molecule has 0 saturated heterocycles. The lowest BCUT2D eigenvalue weighted by molar-refractivity contribution is 0.627. The van der Waals surface area contributed by atoms with E-state index in [9.17, 15) is 0 Å². The average molecular weight is 223 g/mol. The first-order chi connectivity index (χ1) is 7.70. The molecule has 1 aromatic heterocycles. The van der Waals surface area contributed by atoms with Gasteiger partial charge in [-0.25, -0.2) is 0 Å². The SMILES string of the molecule is CCCNCCCc1c(C)nn(CC)c1C. The van der Waals surface area contributed by atoms with Crippen LogP contribution in [0.15, 0.2) is 0 Å². The first kappa shape index (κ1) is 13.2. The molecule has 0 unspecified atom stereocenters. The van der Waals surface area contributed by atoms with E-state index in [4.69, 9.17) is 0 Å². The molecule has 1 aromatic rings. The quantitative estimate of drug-likeness (QED) is 0.720. The normalized spacial score (nSPS) is 11.0. The molecule has 0 fully saturated rings. The maximum absolute atomic E-state index is 4.54. The van der Waals surface area contributed by atoms with Gasteiger partial charge in [-0.05, 0) is 58.7 Å². The molecule has 3 heteroatoms. The standard InChI is InChI=1S/C13H25N3/c1-5-9-14-10-7-8-13-11(3)15-16(6-2)12(13)4/h14H,5-10H2,1-4H3. The Kier molecular flexibility index (Phi) is 5.53. The van der Waals surface area contributed by atoms with Crippen LogP contribution in [0.2, 0.25) is 0 Å². The van der Waals surface area contributed by atoms with Gasteiger partial charge in [0.15, 0.2) is 0 Å². The molecule has 3 nitrogen and oxygen atoms in total. The Morgan fingerprint density at radius 3 is 2.50 bits per heavy atom. The summed E-state index contributed by atoms with van der Waals surface area (Å²) >= 11 is 0. The van der Waals surface area contributed by atoms with Crippen molar-refractivity contribution in [3.8, 4) is 0 Å². The van der Waals surface area contributed by atoms with Crippen LogP contribution in [0.25, 0.3) is 0 Å². The number of nitrogens with zero attached hydrogens (tertiary/aromatic N) is 2. The largest absolute Gasteiger partial charge is 0.317 e. The second-order valence-corrected chi connectivity index (χ2v) is 4.32. The second kappa shape index (κ2) is 6.69. The lowest BCUT2D eigenvalue weighted by atomic mass is 10.1. The van der Waals surface area contributed by atoms with E-state index in [2.05, 4.69) is 42.8 Å². The van der Waals surface area contributed by atoms with Gasteiger partial charge in [0.2, 0.25) is 0 Å². The minimum atomic E-state index is 0.973. The number of aromatic nitrogens is 2. The van der Waals surface area contributed by atoms with Crippen molar-refractivity contribution < 1.29 is 0 Å². The molecule has 0 saturated carbocycles. The van der Waals surface area contributed by atoms with Crippen LogP contribution in [0.1, 0.15) is 43.6 Å². The van der Waals surface area contributed by atoms with Crippen molar-refractivity contribution in [3.05, 3.63) is 17.0 Å². The third kappa shape index (κ3) is 3.34. The Hall–Kier alpha value is -0.830. The summed E-state index contributed by atoms with van der Waals surface area (Å²) in [6.07, 6.45) is 3.57. The first-order valence-corrected chi connectivity index (χ1v) is 6.44. The summed E-state index contributed by atoms with van der Waals surface area (Å²) in [7, 11) is 0. The van der Waals surface area contributed by atoms with E-state index in [0.717, 1.165) is 26.1 Å². The van der Waals surface area contributed by atoms with E-state index in [1.807, 2.05) is 0 Å². The molecule has 1 heterocycles. The van der Waals surface area contributed by atoms with Crippen molar-refractivity contribution in [3.63, 3.8) is 0 Å². The average Bonchev–Trinajstić information content (AvgIpc) is 2.55. The van der Waals surface area contributed by atoms with E-state index < -0.39 is 0 Å². The van der Waals surface area contributed by atoms with Gasteiger partial charge in [-0.15, -0.1) is 0 Å². The van der Waals surface area contributed by atoms with Gasteiger partial charge in [0.1, 0.15) is 0 Å². The molecule has 0 spiro atoms. The van der Waals surface area contributed by atoms with E-state index in [1.54, 1.807) is 0 Å². The number of rotatable bonds is 7. The molecular formula is C13H25N3. The lowest BCUT2D eigenvalue weighted by Crippen LogP contribution is -2.16. The summed E-state index contributed by atoms with van der Waals surface area (Å²) in [6.45, 7) is 11.9. The van der Waals surface area contributed by atoms with Gasteiger partial charge < -0.3 is 5.32 Å². The summed E-state index contributed by atoms with van der Waals surface area (Å²) < 4.78 is 2.10. The van der Waals surface area contributed by atoms with Crippen molar-refractivity contribution in [2.75, 3.05) is 13.1 Å². The van der Waals surface area contributed by atoms with Crippen molar-refractivity contribution in [1.29, 1.82) is 0 Å². The summed E-state index contributed by atoms with van der Waals surface area (Å²) in [5.74, 6) is 0. The summed E-state index contributed by atoms with van der Waals surface area (Å²) in [5.41, 5.74) is 3.99. The smallest absolute Gasteiger partial charge is 0.0628 e. The molecule has 0 amide bonds. The highest BCUT2D eigenvalue weighted by Crippen LogP contribution is 2.14. The minimum Gasteiger partial charge on any atom is -0.317 e. The maximum atomic E-state index is 4.54. The number of aryl methyl sites for hydroxylation is 2. The Morgan fingerprint density at radius 1 is 1.19 bits per heavy atom. The van der Waals surface area contributed by atoms with Gasteiger partial charge in [-0.2, -0.15) is 5.10 Å². The van der Waals surface area contributed by atoms with Crippen LogP contribution >= 0.6 is 0 Å². The Balaban J connectivity index is 2.44. The maximum Gasteiger partial charge on any atom is 0.0628 e. The molecule has 92 valence electrons. The Bertz CT molecular complexity index is 315. The molecule has 0 bridgehead atoms. The molecule has 0 aliphatic heterocycles. The van der Waals surface area contributed by atoms with E-state index >= 15 is 0 Å². The molecule has 0 aliphatic carbocycles. The van der Waals surface area contributed by atoms with Crippen LogP contribution < -0.4 is 5.32 Å². The topological polar surface area (TPSA) is 29.9 Å². The Labute approximate surface area is 99.2 Å². The number of hydrogen-bond acceptors (Lipinski definition) is 2. The highest BCUT2D eigenvalue weighted by Gasteiger charge is 2.09. The van der Waals surface area contributed by atoms with Gasteiger partial charge in [0, 0.05) is 12.2 Å². The van der Waals surface area contributed by atoms with E-state index in [1.165, 1.54) is 29.8 Å². The summed E-state index contributed by atoms with van der Waals surface area (Å²) in [5, 5.41) is 7.98. The molecule has 0 atom stereocenters. The molecule has 0 aliphatic rings. The summed E-state index contributed by atoms with van der Waals surface area (Å²) in [6, 6.07) is 0. The molecule has 1 rings (SSSR count). The van der Waals surface area contributed by atoms with Crippen LogP contribution in [-0.2, 0) is 13.0 Å². The van der Waals surface area contributed by atoms with Gasteiger partial charge in [0.25, 0.3) is 0 Å². The fraction of sp³-hybridized carbons (Fsp3) is 0.769. The number of hydrogen-bond donors (Lipinski definition) is 1. The summed E-state index contributed by atoms with van der Waals surface area (Å²) in [4.78, 5) is 0. The monoisotopic (exact) mass is 223 g/mol. The molecule has 0 aromatic carbocycles. The predicted molar refractivity (Wildman–Crippen MR) is 68.9 cm³/mol. The molecule has 0 radical (unpaired) electrons. The fourth-order valence-electron chi connectivity index (χ4n) is 2.10. The van der Waals surface area contributed by atoms with E-state index in [-0.39, 0.29) is 0 Å². The lowest BCUT2D eigenvalue weighted by Gasteiger charge is -2.04. The van der Waals surface area contributed by atoms with Crippen LogP contribution in [-0.4, -0.2) is 22.9 Å². The van der Waals surface area contributed by atoms with Gasteiger partial charge >= 0.3 is 0 Å².